The van der Waals surface area contributed by atoms with Crippen molar-refractivity contribution < 1.29 is 19.1 Å². The highest BCUT2D eigenvalue weighted by atomic mass is 32.2. The second kappa shape index (κ2) is 9.13. The fraction of sp³-hybridized carbons (Fsp3) is 0.318. The van der Waals surface area contributed by atoms with Gasteiger partial charge in [0, 0.05) is 17.1 Å². The topological polar surface area (TPSA) is 75.7 Å². The number of amides is 2. The minimum Gasteiger partial charge on any atom is -0.452 e. The first kappa shape index (κ1) is 20.9. The summed E-state index contributed by atoms with van der Waals surface area (Å²) in [7, 11) is 0. The number of fused-ring (bicyclic) bond motifs is 1. The molecule has 1 atom stereocenters. The highest BCUT2D eigenvalue weighted by Crippen LogP contribution is 2.34. The zero-order valence-corrected chi connectivity index (χ0v) is 17.5. The lowest BCUT2D eigenvalue weighted by Crippen LogP contribution is -2.38. The number of anilines is 2. The molecule has 152 valence electrons. The Labute approximate surface area is 174 Å². The maximum absolute atomic E-state index is 12.4. The molecule has 2 aromatic carbocycles. The van der Waals surface area contributed by atoms with Gasteiger partial charge in [-0.05, 0) is 50.1 Å². The number of nitrogens with zero attached hydrogens (tertiary/aromatic N) is 1. The molecule has 7 heteroatoms. The average molecular weight is 413 g/mol. The summed E-state index contributed by atoms with van der Waals surface area (Å²) in [6.45, 7) is 5.60. The number of hydrogen-bond acceptors (Lipinski definition) is 5. The van der Waals surface area contributed by atoms with Crippen LogP contribution in [0.25, 0.3) is 0 Å². The average Bonchev–Trinajstić information content (AvgIpc) is 2.69. The molecule has 0 radical (unpaired) electrons. The van der Waals surface area contributed by atoms with E-state index in [4.69, 9.17) is 4.74 Å². The summed E-state index contributed by atoms with van der Waals surface area (Å²) >= 11 is 1.49. The van der Waals surface area contributed by atoms with Gasteiger partial charge in [0.05, 0.1) is 17.9 Å². The molecular weight excluding hydrogens is 388 g/mol. The number of carbonyl (C=O) groups excluding carboxylic acids is 3. The SMILES string of the molecule is Cc1ccc(C)c(NC(=O)[C@H](C)OC(=O)CCN2C(=O)CSc3ccccc32)c1. The molecule has 0 bridgehead atoms. The van der Waals surface area contributed by atoms with Gasteiger partial charge in [-0.25, -0.2) is 0 Å². The normalized spacial score (nSPS) is 14.2. The Bertz CT molecular complexity index is 944. The van der Waals surface area contributed by atoms with Crippen molar-refractivity contribution in [3.8, 4) is 0 Å². The first-order chi connectivity index (χ1) is 13.8. The largest absolute Gasteiger partial charge is 0.452 e. The molecule has 0 saturated heterocycles. The number of para-hydroxylation sites is 1. The smallest absolute Gasteiger partial charge is 0.308 e. The van der Waals surface area contributed by atoms with Crippen LogP contribution in [0.4, 0.5) is 11.4 Å². The lowest BCUT2D eigenvalue weighted by Gasteiger charge is -2.28. The van der Waals surface area contributed by atoms with Crippen molar-refractivity contribution in [1.29, 1.82) is 0 Å². The van der Waals surface area contributed by atoms with Crippen molar-refractivity contribution >= 4 is 40.9 Å². The van der Waals surface area contributed by atoms with Crippen LogP contribution in [-0.4, -0.2) is 36.2 Å². The van der Waals surface area contributed by atoms with Gasteiger partial charge in [0.15, 0.2) is 6.10 Å². The van der Waals surface area contributed by atoms with E-state index in [1.807, 2.05) is 56.3 Å². The molecule has 1 aliphatic heterocycles. The number of thioether (sulfide) groups is 1. The van der Waals surface area contributed by atoms with E-state index < -0.39 is 12.1 Å². The summed E-state index contributed by atoms with van der Waals surface area (Å²) in [6.07, 6.45) is -0.909. The Hall–Kier alpha value is -2.80. The number of aryl methyl sites for hydroxylation is 2. The quantitative estimate of drug-likeness (QED) is 0.732. The van der Waals surface area contributed by atoms with E-state index in [0.29, 0.717) is 11.4 Å². The molecule has 0 aliphatic carbocycles. The van der Waals surface area contributed by atoms with Crippen LogP contribution >= 0.6 is 11.8 Å². The van der Waals surface area contributed by atoms with Crippen LogP contribution < -0.4 is 10.2 Å². The maximum Gasteiger partial charge on any atom is 0.308 e. The summed E-state index contributed by atoms with van der Waals surface area (Å²) < 4.78 is 5.27. The van der Waals surface area contributed by atoms with Gasteiger partial charge < -0.3 is 15.0 Å². The van der Waals surface area contributed by atoms with Gasteiger partial charge in [-0.2, -0.15) is 0 Å². The molecule has 0 fully saturated rings. The van der Waals surface area contributed by atoms with E-state index in [1.165, 1.54) is 18.7 Å². The van der Waals surface area contributed by atoms with E-state index in [9.17, 15) is 14.4 Å². The highest BCUT2D eigenvalue weighted by molar-refractivity contribution is 8.00. The molecule has 0 unspecified atom stereocenters. The third-order valence-corrected chi connectivity index (χ3v) is 5.72. The number of hydrogen-bond donors (Lipinski definition) is 1. The van der Waals surface area contributed by atoms with Gasteiger partial charge in [-0.15, -0.1) is 11.8 Å². The molecular formula is C22H24N2O4S. The van der Waals surface area contributed by atoms with Crippen LogP contribution in [0.5, 0.6) is 0 Å². The summed E-state index contributed by atoms with van der Waals surface area (Å²) in [6, 6.07) is 13.4. The van der Waals surface area contributed by atoms with E-state index in [0.717, 1.165) is 21.7 Å². The first-order valence-corrected chi connectivity index (χ1v) is 10.4. The first-order valence-electron chi connectivity index (χ1n) is 9.45. The molecule has 1 N–H and O–H groups in total. The van der Waals surface area contributed by atoms with Crippen LogP contribution in [0.15, 0.2) is 47.4 Å². The molecule has 2 aromatic rings. The van der Waals surface area contributed by atoms with Crippen LogP contribution in [-0.2, 0) is 19.1 Å². The number of esters is 1. The maximum atomic E-state index is 12.4. The minimum absolute atomic E-state index is 0.0197. The molecule has 2 amide bonds. The lowest BCUT2D eigenvalue weighted by molar-refractivity contribution is -0.152. The molecule has 0 aromatic heterocycles. The lowest BCUT2D eigenvalue weighted by atomic mass is 10.1. The Morgan fingerprint density at radius 2 is 1.97 bits per heavy atom. The van der Waals surface area contributed by atoms with E-state index >= 15 is 0 Å². The summed E-state index contributed by atoms with van der Waals surface area (Å²) in [5.41, 5.74) is 3.47. The van der Waals surface area contributed by atoms with Gasteiger partial charge in [0.2, 0.25) is 5.91 Å². The van der Waals surface area contributed by atoms with Crippen molar-refractivity contribution in [3.63, 3.8) is 0 Å². The van der Waals surface area contributed by atoms with Gasteiger partial charge in [0.1, 0.15) is 0 Å². The fourth-order valence-electron chi connectivity index (χ4n) is 3.02. The van der Waals surface area contributed by atoms with Crippen LogP contribution in [0.3, 0.4) is 0 Å². The molecule has 1 aliphatic rings. The second-order valence-corrected chi connectivity index (χ2v) is 8.01. The fourth-order valence-corrected chi connectivity index (χ4v) is 3.95. The van der Waals surface area contributed by atoms with E-state index in [-0.39, 0.29) is 24.8 Å². The van der Waals surface area contributed by atoms with E-state index in [1.54, 1.807) is 4.90 Å². The van der Waals surface area contributed by atoms with E-state index in [2.05, 4.69) is 5.32 Å². The van der Waals surface area contributed by atoms with Crippen LogP contribution in [0.2, 0.25) is 0 Å². The molecule has 6 nitrogen and oxygen atoms in total. The standard InChI is InChI=1S/C22H24N2O4S/c1-14-8-9-15(2)17(12-14)23-22(27)16(3)28-21(26)10-11-24-18-6-4-5-7-19(18)29-13-20(24)25/h4-9,12,16H,10-11,13H2,1-3H3,(H,23,27)/t16-/m0/s1. The predicted octanol–water partition coefficient (Wildman–Crippen LogP) is 3.70. The monoisotopic (exact) mass is 412 g/mol. The second-order valence-electron chi connectivity index (χ2n) is 6.99. The van der Waals surface area contributed by atoms with Gasteiger partial charge >= 0.3 is 5.97 Å². The van der Waals surface area contributed by atoms with Crippen molar-refractivity contribution in [2.75, 3.05) is 22.5 Å². The molecule has 0 saturated carbocycles. The number of rotatable bonds is 6. The number of ether oxygens (including phenoxy) is 1. The van der Waals surface area contributed by atoms with Crippen molar-refractivity contribution in [2.24, 2.45) is 0 Å². The Morgan fingerprint density at radius 3 is 2.76 bits per heavy atom. The van der Waals surface area contributed by atoms with Crippen LogP contribution in [0, 0.1) is 13.8 Å². The summed E-state index contributed by atoms with van der Waals surface area (Å²) in [5, 5.41) is 2.80. The molecule has 0 spiro atoms. The summed E-state index contributed by atoms with van der Waals surface area (Å²) in [5.74, 6) is -0.594. The summed E-state index contributed by atoms with van der Waals surface area (Å²) in [4.78, 5) is 39.5. The van der Waals surface area contributed by atoms with Crippen LogP contribution in [0.1, 0.15) is 24.5 Å². The Balaban J connectivity index is 1.54. The molecule has 29 heavy (non-hydrogen) atoms. The number of benzene rings is 2. The molecule has 3 rings (SSSR count). The predicted molar refractivity (Wildman–Crippen MR) is 114 cm³/mol. The van der Waals surface area contributed by atoms with Gasteiger partial charge in [-0.3, -0.25) is 14.4 Å². The number of nitrogens with one attached hydrogen (secondary N) is 1. The van der Waals surface area contributed by atoms with Gasteiger partial charge in [-0.1, -0.05) is 24.3 Å². The van der Waals surface area contributed by atoms with Crippen molar-refractivity contribution in [1.82, 2.24) is 0 Å². The van der Waals surface area contributed by atoms with Gasteiger partial charge in [0.25, 0.3) is 5.91 Å². The zero-order chi connectivity index (χ0) is 21.0. The van der Waals surface area contributed by atoms with Crippen molar-refractivity contribution in [2.45, 2.75) is 38.2 Å². The third kappa shape index (κ3) is 5.17. The minimum atomic E-state index is -0.928. The Morgan fingerprint density at radius 1 is 1.21 bits per heavy atom. The molecule has 1 heterocycles. The Kier molecular flexibility index (Phi) is 6.59. The van der Waals surface area contributed by atoms with Crippen molar-refractivity contribution in [3.05, 3.63) is 53.6 Å². The highest BCUT2D eigenvalue weighted by Gasteiger charge is 2.26. The zero-order valence-electron chi connectivity index (χ0n) is 16.7. The number of carbonyl (C=O) groups is 3. The third-order valence-electron chi connectivity index (χ3n) is 4.68.